The van der Waals surface area contributed by atoms with Crippen LogP contribution < -0.4 is 5.48 Å². The number of hydrogen-bond acceptors (Lipinski definition) is 12. The molecule has 0 aliphatic carbocycles. The first-order valence-corrected chi connectivity index (χ1v) is 16.2. The number of carbonyl (C=O) groups is 3. The monoisotopic (exact) mass is 675 g/mol. The van der Waals surface area contributed by atoms with Crippen LogP contribution in [0.1, 0.15) is 47.8 Å². The van der Waals surface area contributed by atoms with Crippen LogP contribution in [0.2, 0.25) is 0 Å². The maximum absolute atomic E-state index is 12.9. The van der Waals surface area contributed by atoms with Crippen LogP contribution in [-0.4, -0.2) is 63.5 Å². The van der Waals surface area contributed by atoms with Gasteiger partial charge in [-0.1, -0.05) is 41.6 Å². The zero-order valence-corrected chi connectivity index (χ0v) is 27.4. The molecule has 0 spiro atoms. The maximum atomic E-state index is 12.9. The number of carbonyl (C=O) groups excluding carboxylic acids is 3. The molecule has 0 bridgehead atoms. The number of methoxy groups -OCH3 is 2. The molecule has 1 aliphatic heterocycles. The Bertz CT molecular complexity index is 2020. The molecule has 2 atom stereocenters. The first-order chi connectivity index (χ1) is 23.0. The first kappa shape index (κ1) is 34.0. The van der Waals surface area contributed by atoms with Gasteiger partial charge in [0.2, 0.25) is 0 Å². The number of nitrogens with zero attached hydrogens (tertiary/aromatic N) is 2. The zero-order chi connectivity index (χ0) is 34.4. The van der Waals surface area contributed by atoms with E-state index in [1.807, 2.05) is 31.2 Å². The molecule has 14 heteroatoms. The lowest BCUT2D eigenvalue weighted by Crippen LogP contribution is -2.16. The van der Waals surface area contributed by atoms with Crippen LogP contribution >= 0.6 is 0 Å². The standard InChI is InChI=1S/C34H33N3O10S/c1-21(43-3)16-17-45-33(39)24-8-7-9-27(18-24)48(41,42)47-35-26-14-12-23(13-15-26)31-29(34(40)46-36-31)19-25-20-37(22(2)32(38)44-4)30-11-6-5-10-28(25)30/h5-15,18-22,35H,16-17H2,1-4H3. The van der Waals surface area contributed by atoms with Crippen LogP contribution in [0.15, 0.2) is 94.6 Å². The lowest BCUT2D eigenvalue weighted by Gasteiger charge is -2.12. The third-order valence-corrected chi connectivity index (χ3v) is 8.81. The largest absolute Gasteiger partial charge is 0.467 e. The molecule has 3 aromatic carbocycles. The number of para-hydroxylation sites is 1. The Balaban J connectivity index is 1.29. The highest BCUT2D eigenvalue weighted by molar-refractivity contribution is 7.86. The fourth-order valence-electron chi connectivity index (χ4n) is 4.87. The Morgan fingerprint density at radius 3 is 2.50 bits per heavy atom. The topological polar surface area (TPSA) is 161 Å². The number of rotatable bonds is 13. The average molecular weight is 676 g/mol. The molecule has 1 aromatic heterocycles. The molecule has 48 heavy (non-hydrogen) atoms. The third-order valence-electron chi connectivity index (χ3n) is 7.67. The summed E-state index contributed by atoms with van der Waals surface area (Å²) in [6.45, 7) is 3.67. The number of benzene rings is 3. The zero-order valence-electron chi connectivity index (χ0n) is 26.5. The normalized spacial score (nSPS) is 15.1. The molecule has 4 aromatic rings. The van der Waals surface area contributed by atoms with Crippen LogP contribution in [-0.2, 0) is 43.0 Å². The molecular weight excluding hydrogens is 642 g/mol. The smallest absolute Gasteiger partial charge is 0.368 e. The SMILES string of the molecule is COC(=O)C(C)n1cc(C=C2C(=O)ON=C2c2ccc(NOS(=O)(=O)c3cccc(C(=O)OCCC(C)OC)c3)cc2)c2ccccc21. The van der Waals surface area contributed by atoms with Crippen molar-refractivity contribution in [1.82, 2.24) is 4.57 Å². The molecule has 0 amide bonds. The Hall–Kier alpha value is -5.31. The number of esters is 2. The van der Waals surface area contributed by atoms with Gasteiger partial charge in [-0.3, -0.25) is 0 Å². The van der Waals surface area contributed by atoms with E-state index in [-0.39, 0.29) is 40.1 Å². The third kappa shape index (κ3) is 7.46. The second kappa shape index (κ2) is 14.6. The summed E-state index contributed by atoms with van der Waals surface area (Å²) in [7, 11) is -1.45. The fraction of sp³-hybridized carbons (Fsp3) is 0.235. The van der Waals surface area contributed by atoms with Gasteiger partial charge in [0, 0.05) is 41.8 Å². The van der Waals surface area contributed by atoms with E-state index in [0.29, 0.717) is 17.5 Å². The number of nitrogens with one attached hydrogen (secondary N) is 1. The van der Waals surface area contributed by atoms with Crippen LogP contribution in [0.25, 0.3) is 17.0 Å². The van der Waals surface area contributed by atoms with Crippen LogP contribution in [0.5, 0.6) is 0 Å². The summed E-state index contributed by atoms with van der Waals surface area (Å²) in [6.07, 6.45) is 3.80. The number of hydrogen-bond donors (Lipinski definition) is 1. The van der Waals surface area contributed by atoms with Crippen molar-refractivity contribution in [2.75, 3.05) is 26.3 Å². The molecule has 2 unspecified atom stereocenters. The molecule has 0 fully saturated rings. The number of oxime groups is 1. The van der Waals surface area contributed by atoms with Gasteiger partial charge in [0.1, 0.15) is 11.8 Å². The highest BCUT2D eigenvalue weighted by Gasteiger charge is 2.28. The highest BCUT2D eigenvalue weighted by atomic mass is 32.2. The molecule has 1 aliphatic rings. The summed E-state index contributed by atoms with van der Waals surface area (Å²) in [5.41, 5.74) is 5.13. The Morgan fingerprint density at radius 2 is 1.77 bits per heavy atom. The van der Waals surface area contributed by atoms with E-state index in [1.165, 1.54) is 43.5 Å². The van der Waals surface area contributed by atoms with Gasteiger partial charge >= 0.3 is 28.0 Å². The molecular formula is C34H33N3O10S. The van der Waals surface area contributed by atoms with E-state index >= 15 is 0 Å². The molecule has 0 radical (unpaired) electrons. The summed E-state index contributed by atoms with van der Waals surface area (Å²) in [5, 5.41) is 4.77. The van der Waals surface area contributed by atoms with Crippen molar-refractivity contribution in [2.45, 2.75) is 37.3 Å². The van der Waals surface area contributed by atoms with Gasteiger partial charge in [-0.15, -0.1) is 4.28 Å². The van der Waals surface area contributed by atoms with Gasteiger partial charge in [-0.05, 0) is 56.3 Å². The minimum absolute atomic E-state index is 0.0506. The number of ether oxygens (including phenoxy) is 3. The van der Waals surface area contributed by atoms with E-state index in [1.54, 1.807) is 43.0 Å². The van der Waals surface area contributed by atoms with Crippen LogP contribution in [0.4, 0.5) is 5.69 Å². The molecule has 0 saturated heterocycles. The molecule has 13 nitrogen and oxygen atoms in total. The molecule has 5 rings (SSSR count). The highest BCUT2D eigenvalue weighted by Crippen LogP contribution is 2.29. The fourth-order valence-corrected chi connectivity index (χ4v) is 5.69. The minimum atomic E-state index is -4.33. The van der Waals surface area contributed by atoms with E-state index in [2.05, 4.69) is 10.6 Å². The van der Waals surface area contributed by atoms with Gasteiger partial charge < -0.3 is 23.6 Å². The molecule has 250 valence electrons. The Morgan fingerprint density at radius 1 is 1.02 bits per heavy atom. The second-order valence-electron chi connectivity index (χ2n) is 10.8. The first-order valence-electron chi connectivity index (χ1n) is 14.8. The predicted octanol–water partition coefficient (Wildman–Crippen LogP) is 5.03. The summed E-state index contributed by atoms with van der Waals surface area (Å²) in [4.78, 5) is 42.2. The quantitative estimate of drug-likeness (QED) is 0.0876. The average Bonchev–Trinajstić information content (AvgIpc) is 3.66. The van der Waals surface area contributed by atoms with E-state index in [9.17, 15) is 22.8 Å². The maximum Gasteiger partial charge on any atom is 0.368 e. The predicted molar refractivity (Wildman–Crippen MR) is 175 cm³/mol. The van der Waals surface area contributed by atoms with E-state index < -0.39 is 34.1 Å². The van der Waals surface area contributed by atoms with Crippen molar-refractivity contribution in [1.29, 1.82) is 0 Å². The summed E-state index contributed by atoms with van der Waals surface area (Å²) < 4.78 is 47.8. The van der Waals surface area contributed by atoms with E-state index in [0.717, 1.165) is 10.9 Å². The Labute approximate surface area is 276 Å². The van der Waals surface area contributed by atoms with Crippen molar-refractivity contribution in [3.05, 3.63) is 101 Å². The van der Waals surface area contributed by atoms with Gasteiger partial charge in [0.05, 0.1) is 41.5 Å². The van der Waals surface area contributed by atoms with Gasteiger partial charge in [-0.2, -0.15) is 8.42 Å². The van der Waals surface area contributed by atoms with Crippen molar-refractivity contribution in [3.63, 3.8) is 0 Å². The van der Waals surface area contributed by atoms with Gasteiger partial charge in [0.15, 0.2) is 0 Å². The number of aromatic nitrogens is 1. The summed E-state index contributed by atoms with van der Waals surface area (Å²) in [5.74, 6) is -1.75. The van der Waals surface area contributed by atoms with Crippen LogP contribution in [0.3, 0.4) is 0 Å². The van der Waals surface area contributed by atoms with Crippen molar-refractivity contribution in [2.24, 2.45) is 5.16 Å². The molecule has 1 N–H and O–H groups in total. The molecule has 2 heterocycles. The van der Waals surface area contributed by atoms with E-state index in [4.69, 9.17) is 23.3 Å². The van der Waals surface area contributed by atoms with Crippen molar-refractivity contribution in [3.8, 4) is 0 Å². The van der Waals surface area contributed by atoms with Crippen molar-refractivity contribution >= 4 is 56.4 Å². The lowest BCUT2D eigenvalue weighted by molar-refractivity contribution is -0.144. The van der Waals surface area contributed by atoms with Gasteiger partial charge in [0.25, 0.3) is 0 Å². The lowest BCUT2D eigenvalue weighted by atomic mass is 10.0. The summed E-state index contributed by atoms with van der Waals surface area (Å²) in [6, 6.07) is 18.4. The minimum Gasteiger partial charge on any atom is -0.467 e. The van der Waals surface area contributed by atoms with Crippen LogP contribution in [0, 0.1) is 0 Å². The van der Waals surface area contributed by atoms with Crippen molar-refractivity contribution < 1.29 is 46.1 Å². The second-order valence-corrected chi connectivity index (χ2v) is 12.3. The molecule has 0 saturated carbocycles. The summed E-state index contributed by atoms with van der Waals surface area (Å²) >= 11 is 0. The number of anilines is 1. The van der Waals surface area contributed by atoms with Gasteiger partial charge in [-0.25, -0.2) is 19.9 Å². The Kier molecular flexibility index (Phi) is 10.4. The number of fused-ring (bicyclic) bond motifs is 1.